The van der Waals surface area contributed by atoms with Crippen LogP contribution in [0.15, 0.2) is 0 Å². The van der Waals surface area contributed by atoms with Crippen LogP contribution >= 0.6 is 12.2 Å². The molecule has 1 aliphatic heterocycles. The summed E-state index contributed by atoms with van der Waals surface area (Å²) in [5.41, 5.74) is 0. The van der Waals surface area contributed by atoms with Crippen LogP contribution in [0.1, 0.15) is 86.0 Å². The number of rotatable bonds is 3. The van der Waals surface area contributed by atoms with Gasteiger partial charge >= 0.3 is 0 Å². The minimum Gasteiger partial charge on any atom is -0.360 e. The number of piperidine rings is 1. The molecular weight excluding hydrogens is 286 g/mol. The molecule has 1 aliphatic carbocycles. The summed E-state index contributed by atoms with van der Waals surface area (Å²) in [4.78, 5) is 3.90. The van der Waals surface area contributed by atoms with Gasteiger partial charge in [-0.3, -0.25) is 0 Å². The zero-order valence-electron chi connectivity index (χ0n) is 15.5. The standard InChI is InChI=1S/C20H37NS/c1-14(2)12-17-13-19(22)21(15(3)4)18-11-9-7-6-8-10-16(5)20(17)18/h14-18,20H,6-13H2,1-5H3. The van der Waals surface area contributed by atoms with Crippen molar-refractivity contribution in [1.82, 2.24) is 4.90 Å². The highest BCUT2D eigenvalue weighted by Gasteiger charge is 2.43. The molecule has 128 valence electrons. The van der Waals surface area contributed by atoms with Crippen LogP contribution in [0.5, 0.6) is 0 Å². The van der Waals surface area contributed by atoms with Gasteiger partial charge in [0.1, 0.15) is 0 Å². The van der Waals surface area contributed by atoms with Gasteiger partial charge in [-0.25, -0.2) is 0 Å². The quantitative estimate of drug-likeness (QED) is 0.580. The van der Waals surface area contributed by atoms with Gasteiger partial charge in [-0.1, -0.05) is 65.1 Å². The lowest BCUT2D eigenvalue weighted by atomic mass is 9.68. The molecule has 2 aliphatic rings. The first-order chi connectivity index (χ1) is 10.4. The lowest BCUT2D eigenvalue weighted by Crippen LogP contribution is -2.56. The fourth-order valence-corrected chi connectivity index (χ4v) is 5.77. The number of likely N-dealkylation sites (tertiary alicyclic amines) is 1. The molecule has 0 aromatic rings. The van der Waals surface area contributed by atoms with E-state index in [4.69, 9.17) is 12.2 Å². The van der Waals surface area contributed by atoms with Crippen LogP contribution < -0.4 is 0 Å². The van der Waals surface area contributed by atoms with Crippen molar-refractivity contribution in [1.29, 1.82) is 0 Å². The third-order valence-corrected chi connectivity index (χ3v) is 6.35. The molecule has 0 radical (unpaired) electrons. The molecule has 2 rings (SSSR count). The average molecular weight is 324 g/mol. The maximum absolute atomic E-state index is 5.88. The van der Waals surface area contributed by atoms with Gasteiger partial charge in [-0.2, -0.15) is 0 Å². The zero-order chi connectivity index (χ0) is 16.3. The summed E-state index contributed by atoms with van der Waals surface area (Å²) in [5.74, 6) is 3.32. The maximum Gasteiger partial charge on any atom is 0.0787 e. The second-order valence-electron chi connectivity index (χ2n) is 8.60. The Kier molecular flexibility index (Phi) is 6.73. The molecule has 2 fully saturated rings. The number of thiocarbonyl (C=S) groups is 1. The van der Waals surface area contributed by atoms with Crippen molar-refractivity contribution in [2.45, 2.75) is 98.1 Å². The van der Waals surface area contributed by atoms with Gasteiger partial charge in [-0.15, -0.1) is 0 Å². The number of nitrogens with zero attached hydrogens (tertiary/aromatic N) is 1. The molecular formula is C20H37NS. The first-order valence-corrected chi connectivity index (χ1v) is 10.1. The Morgan fingerprint density at radius 3 is 2.27 bits per heavy atom. The number of fused-ring (bicyclic) bond motifs is 1. The molecule has 0 amide bonds. The second-order valence-corrected chi connectivity index (χ2v) is 9.07. The molecule has 22 heavy (non-hydrogen) atoms. The van der Waals surface area contributed by atoms with E-state index >= 15 is 0 Å². The Hall–Kier alpha value is -0.110. The van der Waals surface area contributed by atoms with E-state index in [2.05, 4.69) is 39.5 Å². The van der Waals surface area contributed by atoms with Gasteiger partial charge in [0.2, 0.25) is 0 Å². The minimum atomic E-state index is 0.563. The lowest BCUT2D eigenvalue weighted by molar-refractivity contribution is 0.0587. The van der Waals surface area contributed by atoms with Crippen LogP contribution in [0, 0.1) is 23.7 Å². The SMILES string of the molecule is CC(C)CC1CC(=S)N(C(C)C)C2CCCCCCC(C)C12. The molecule has 0 aromatic heterocycles. The third kappa shape index (κ3) is 4.24. The molecule has 4 atom stereocenters. The van der Waals surface area contributed by atoms with Crippen LogP contribution in [0.3, 0.4) is 0 Å². The van der Waals surface area contributed by atoms with Crippen molar-refractivity contribution in [3.8, 4) is 0 Å². The van der Waals surface area contributed by atoms with Crippen molar-refractivity contribution in [2.24, 2.45) is 23.7 Å². The monoisotopic (exact) mass is 323 g/mol. The van der Waals surface area contributed by atoms with Gasteiger partial charge < -0.3 is 4.90 Å². The molecule has 1 nitrogen and oxygen atoms in total. The molecule has 1 saturated carbocycles. The molecule has 0 bridgehead atoms. The Morgan fingerprint density at radius 1 is 1.05 bits per heavy atom. The topological polar surface area (TPSA) is 3.24 Å². The van der Waals surface area contributed by atoms with E-state index in [1.807, 2.05) is 0 Å². The fourth-order valence-electron chi connectivity index (χ4n) is 5.21. The summed E-state index contributed by atoms with van der Waals surface area (Å²) in [7, 11) is 0. The van der Waals surface area contributed by atoms with Crippen molar-refractivity contribution in [3.63, 3.8) is 0 Å². The zero-order valence-corrected chi connectivity index (χ0v) is 16.3. The van der Waals surface area contributed by atoms with E-state index in [1.54, 1.807) is 0 Å². The second kappa shape index (κ2) is 8.13. The average Bonchev–Trinajstić information content (AvgIpc) is 2.48. The normalized spacial score (nSPS) is 34.3. The Balaban J connectivity index is 2.30. The van der Waals surface area contributed by atoms with Gasteiger partial charge in [0.25, 0.3) is 0 Å². The van der Waals surface area contributed by atoms with Crippen molar-refractivity contribution in [3.05, 3.63) is 0 Å². The molecule has 0 spiro atoms. The molecule has 1 heterocycles. The maximum atomic E-state index is 5.88. The van der Waals surface area contributed by atoms with Crippen LogP contribution in [-0.4, -0.2) is 22.0 Å². The Labute approximate surface area is 144 Å². The first kappa shape index (κ1) is 18.2. The van der Waals surface area contributed by atoms with E-state index in [9.17, 15) is 0 Å². The smallest absolute Gasteiger partial charge is 0.0787 e. The largest absolute Gasteiger partial charge is 0.360 e. The van der Waals surface area contributed by atoms with Crippen molar-refractivity contribution in [2.75, 3.05) is 0 Å². The first-order valence-electron chi connectivity index (χ1n) is 9.73. The predicted octanol–water partition coefficient (Wildman–Crippen LogP) is 6.07. The van der Waals surface area contributed by atoms with Gasteiger partial charge in [-0.05, 0) is 50.4 Å². The van der Waals surface area contributed by atoms with E-state index in [1.165, 1.54) is 49.9 Å². The summed E-state index contributed by atoms with van der Waals surface area (Å²) in [6.45, 7) is 12.0. The van der Waals surface area contributed by atoms with Crippen LogP contribution in [0.2, 0.25) is 0 Å². The minimum absolute atomic E-state index is 0.563. The van der Waals surface area contributed by atoms with Crippen molar-refractivity contribution < 1.29 is 0 Å². The molecule has 2 heteroatoms. The Morgan fingerprint density at radius 2 is 1.68 bits per heavy atom. The fraction of sp³-hybridized carbons (Fsp3) is 0.950. The number of hydrogen-bond donors (Lipinski definition) is 0. The summed E-state index contributed by atoms with van der Waals surface area (Å²) < 4.78 is 0. The number of hydrogen-bond acceptors (Lipinski definition) is 1. The molecule has 0 N–H and O–H groups in total. The summed E-state index contributed by atoms with van der Waals surface area (Å²) in [6.07, 6.45) is 11.0. The van der Waals surface area contributed by atoms with E-state index in [-0.39, 0.29) is 0 Å². The Bertz CT molecular complexity index is 363. The third-order valence-electron chi connectivity index (χ3n) is 5.97. The molecule has 1 saturated heterocycles. The van der Waals surface area contributed by atoms with E-state index in [0.717, 1.165) is 30.1 Å². The summed E-state index contributed by atoms with van der Waals surface area (Å²) in [6, 6.07) is 1.27. The van der Waals surface area contributed by atoms with Gasteiger partial charge in [0, 0.05) is 18.5 Å². The highest BCUT2D eigenvalue weighted by atomic mass is 32.1. The lowest BCUT2D eigenvalue weighted by Gasteiger charge is -2.51. The molecule has 0 aromatic carbocycles. The summed E-state index contributed by atoms with van der Waals surface area (Å²) >= 11 is 5.88. The van der Waals surface area contributed by atoms with Gasteiger partial charge in [0.15, 0.2) is 0 Å². The van der Waals surface area contributed by atoms with Crippen LogP contribution in [0.4, 0.5) is 0 Å². The van der Waals surface area contributed by atoms with Gasteiger partial charge in [0.05, 0.1) is 4.99 Å². The highest BCUT2D eigenvalue weighted by Crippen LogP contribution is 2.44. The highest BCUT2D eigenvalue weighted by molar-refractivity contribution is 7.80. The van der Waals surface area contributed by atoms with Crippen LogP contribution in [-0.2, 0) is 0 Å². The van der Waals surface area contributed by atoms with Crippen molar-refractivity contribution >= 4 is 17.2 Å². The predicted molar refractivity (Wildman–Crippen MR) is 101 cm³/mol. The summed E-state index contributed by atoms with van der Waals surface area (Å²) in [5, 5.41) is 0. The van der Waals surface area contributed by atoms with Crippen LogP contribution in [0.25, 0.3) is 0 Å². The van der Waals surface area contributed by atoms with E-state index in [0.29, 0.717) is 12.1 Å². The molecule has 4 unspecified atom stereocenters. The van der Waals surface area contributed by atoms with E-state index < -0.39 is 0 Å².